The molecule has 0 aromatic carbocycles. The molecule has 0 aliphatic heterocycles. The van der Waals surface area contributed by atoms with E-state index < -0.39 is 0 Å². The Balaban J connectivity index is 3.14. The Morgan fingerprint density at radius 2 is 1.30 bits per heavy atom. The molecule has 0 aliphatic rings. The van der Waals surface area contributed by atoms with Crippen LogP contribution in [0.3, 0.4) is 0 Å². The highest BCUT2D eigenvalue weighted by Crippen LogP contribution is 2.09. The van der Waals surface area contributed by atoms with Gasteiger partial charge in [0.05, 0.1) is 13.7 Å². The van der Waals surface area contributed by atoms with Gasteiger partial charge in [0, 0.05) is 13.3 Å². The summed E-state index contributed by atoms with van der Waals surface area (Å²) in [5.74, 6) is -0.285. The lowest BCUT2D eigenvalue weighted by molar-refractivity contribution is -0.141. The van der Waals surface area contributed by atoms with Crippen molar-refractivity contribution in [3.63, 3.8) is 0 Å². The molecule has 0 saturated carbocycles. The summed E-state index contributed by atoms with van der Waals surface area (Å²) < 4.78 is 9.50. The lowest BCUT2D eigenvalue weighted by Gasteiger charge is -2.02. The lowest BCUT2D eigenvalue weighted by Crippen LogP contribution is -1.99. The lowest BCUT2D eigenvalue weighted by atomic mass is 10.1. The van der Waals surface area contributed by atoms with Gasteiger partial charge in [0.25, 0.3) is 0 Å². The van der Waals surface area contributed by atoms with E-state index in [1.165, 1.54) is 39.7 Å². The van der Waals surface area contributed by atoms with Crippen LogP contribution in [0.4, 0.5) is 0 Å². The first-order valence-electron chi connectivity index (χ1n) is 9.02. The number of carbonyl (C=O) groups excluding carboxylic acids is 2. The molecule has 4 nitrogen and oxygen atoms in total. The van der Waals surface area contributed by atoms with Gasteiger partial charge in [0.1, 0.15) is 0 Å². The summed E-state index contributed by atoms with van der Waals surface area (Å²) in [6.45, 7) is 2.02. The highest BCUT2D eigenvalue weighted by Gasteiger charge is 1.98. The van der Waals surface area contributed by atoms with E-state index in [0.717, 1.165) is 44.9 Å². The average Bonchev–Trinajstić information content (AvgIpc) is 2.53. The van der Waals surface area contributed by atoms with Crippen molar-refractivity contribution in [2.24, 2.45) is 0 Å². The maximum atomic E-state index is 10.9. The Kier molecular flexibility index (Phi) is 16.1. The van der Waals surface area contributed by atoms with Crippen molar-refractivity contribution in [3.05, 3.63) is 12.2 Å². The molecule has 0 fully saturated rings. The Bertz CT molecular complexity index is 323. The van der Waals surface area contributed by atoms with Crippen LogP contribution in [-0.2, 0) is 19.1 Å². The first kappa shape index (κ1) is 21.7. The molecule has 0 unspecified atom stereocenters. The fourth-order valence-corrected chi connectivity index (χ4v) is 2.33. The first-order valence-corrected chi connectivity index (χ1v) is 9.02. The molecule has 0 aliphatic carbocycles. The third-order valence-electron chi connectivity index (χ3n) is 3.72. The number of hydrogen-bond donors (Lipinski definition) is 0. The number of esters is 2. The molecule has 0 aromatic rings. The summed E-state index contributed by atoms with van der Waals surface area (Å²) in [5, 5.41) is 0. The van der Waals surface area contributed by atoms with Gasteiger partial charge in [-0.2, -0.15) is 0 Å². The largest absolute Gasteiger partial charge is 0.469 e. The van der Waals surface area contributed by atoms with E-state index in [4.69, 9.17) is 4.74 Å². The molecule has 0 saturated heterocycles. The minimum atomic E-state index is -0.180. The summed E-state index contributed by atoms with van der Waals surface area (Å²) in [5.41, 5.74) is 0. The average molecular weight is 326 g/mol. The maximum absolute atomic E-state index is 10.9. The van der Waals surface area contributed by atoms with Crippen LogP contribution in [0.1, 0.15) is 84.0 Å². The van der Waals surface area contributed by atoms with Gasteiger partial charge in [-0.3, -0.25) is 9.59 Å². The number of rotatable bonds is 15. The first-order chi connectivity index (χ1) is 11.2. The van der Waals surface area contributed by atoms with E-state index in [9.17, 15) is 9.59 Å². The van der Waals surface area contributed by atoms with E-state index in [1.807, 2.05) is 0 Å². The van der Waals surface area contributed by atoms with Crippen molar-refractivity contribution in [2.45, 2.75) is 84.0 Å². The molecule has 0 heterocycles. The van der Waals surface area contributed by atoms with Gasteiger partial charge in [0.15, 0.2) is 0 Å². The molecule has 23 heavy (non-hydrogen) atoms. The molecule has 0 amide bonds. The molecule has 0 aromatic heterocycles. The van der Waals surface area contributed by atoms with Crippen LogP contribution < -0.4 is 0 Å². The zero-order chi connectivity index (χ0) is 17.2. The van der Waals surface area contributed by atoms with Gasteiger partial charge in [-0.15, -0.1) is 0 Å². The van der Waals surface area contributed by atoms with Crippen molar-refractivity contribution in [3.8, 4) is 0 Å². The van der Waals surface area contributed by atoms with Crippen LogP contribution in [-0.4, -0.2) is 25.7 Å². The molecule has 4 heteroatoms. The van der Waals surface area contributed by atoms with Crippen LogP contribution in [0.2, 0.25) is 0 Å². The van der Waals surface area contributed by atoms with E-state index in [2.05, 4.69) is 16.9 Å². The van der Waals surface area contributed by atoms with Crippen LogP contribution in [0.25, 0.3) is 0 Å². The van der Waals surface area contributed by atoms with Crippen molar-refractivity contribution < 1.29 is 19.1 Å². The zero-order valence-corrected chi connectivity index (χ0v) is 15.0. The van der Waals surface area contributed by atoms with E-state index in [-0.39, 0.29) is 11.9 Å². The Labute approximate surface area is 141 Å². The molecule has 0 atom stereocenters. The van der Waals surface area contributed by atoms with Crippen LogP contribution in [0.15, 0.2) is 12.2 Å². The zero-order valence-electron chi connectivity index (χ0n) is 15.0. The minimum Gasteiger partial charge on any atom is -0.469 e. The molecule has 0 bridgehead atoms. The van der Waals surface area contributed by atoms with Gasteiger partial charge in [-0.1, -0.05) is 44.3 Å². The van der Waals surface area contributed by atoms with Gasteiger partial charge in [-0.25, -0.2) is 0 Å². The van der Waals surface area contributed by atoms with Crippen molar-refractivity contribution in [1.82, 2.24) is 0 Å². The van der Waals surface area contributed by atoms with E-state index >= 15 is 0 Å². The minimum absolute atomic E-state index is 0.105. The number of hydrogen-bond acceptors (Lipinski definition) is 4. The standard InChI is InChI=1S/C19H34O4/c1-18(20)23-17-15-13-11-9-7-5-3-4-6-8-10-12-14-16-19(21)22-2/h4,6H,3,5,7-17H2,1-2H3. The second-order valence-corrected chi connectivity index (χ2v) is 5.90. The SMILES string of the molecule is COC(=O)CCCCCC=CCCCCCCCCOC(C)=O. The normalized spacial score (nSPS) is 10.9. The number of ether oxygens (including phenoxy) is 2. The summed E-state index contributed by atoms with van der Waals surface area (Å²) >= 11 is 0. The molecule has 0 radical (unpaired) electrons. The van der Waals surface area contributed by atoms with E-state index in [1.54, 1.807) is 0 Å². The Morgan fingerprint density at radius 1 is 0.783 bits per heavy atom. The second-order valence-electron chi connectivity index (χ2n) is 5.90. The molecule has 0 spiro atoms. The Morgan fingerprint density at radius 3 is 1.87 bits per heavy atom. The highest BCUT2D eigenvalue weighted by molar-refractivity contribution is 5.68. The highest BCUT2D eigenvalue weighted by atomic mass is 16.5. The molecule has 0 rings (SSSR count). The third-order valence-corrected chi connectivity index (χ3v) is 3.72. The van der Waals surface area contributed by atoms with Crippen molar-refractivity contribution in [1.29, 1.82) is 0 Å². The molecular weight excluding hydrogens is 292 g/mol. The van der Waals surface area contributed by atoms with Crippen molar-refractivity contribution >= 4 is 11.9 Å². The van der Waals surface area contributed by atoms with Gasteiger partial charge < -0.3 is 9.47 Å². The third kappa shape index (κ3) is 18.6. The molecule has 134 valence electrons. The number of carbonyl (C=O) groups is 2. The quantitative estimate of drug-likeness (QED) is 0.242. The summed E-state index contributed by atoms with van der Waals surface area (Å²) in [4.78, 5) is 21.5. The summed E-state index contributed by atoms with van der Waals surface area (Å²) in [6, 6.07) is 0. The van der Waals surface area contributed by atoms with Gasteiger partial charge in [0.2, 0.25) is 0 Å². The predicted molar refractivity (Wildman–Crippen MR) is 93.2 cm³/mol. The van der Waals surface area contributed by atoms with Gasteiger partial charge in [-0.05, 0) is 38.5 Å². The van der Waals surface area contributed by atoms with Gasteiger partial charge >= 0.3 is 11.9 Å². The fraction of sp³-hybridized carbons (Fsp3) is 0.789. The molecule has 0 N–H and O–H groups in total. The molecular formula is C19H34O4. The summed E-state index contributed by atoms with van der Waals surface area (Å²) in [6.07, 6.45) is 17.7. The number of methoxy groups -OCH3 is 1. The Hall–Kier alpha value is -1.32. The monoisotopic (exact) mass is 326 g/mol. The van der Waals surface area contributed by atoms with Crippen molar-refractivity contribution in [2.75, 3.05) is 13.7 Å². The summed E-state index contributed by atoms with van der Waals surface area (Å²) in [7, 11) is 1.44. The van der Waals surface area contributed by atoms with E-state index in [0.29, 0.717) is 13.0 Å². The number of unbranched alkanes of at least 4 members (excludes halogenated alkanes) is 9. The second kappa shape index (κ2) is 17.0. The van der Waals surface area contributed by atoms with Crippen LogP contribution >= 0.6 is 0 Å². The topological polar surface area (TPSA) is 52.6 Å². The van der Waals surface area contributed by atoms with Crippen LogP contribution in [0.5, 0.6) is 0 Å². The maximum Gasteiger partial charge on any atom is 0.305 e. The number of allylic oxidation sites excluding steroid dienone is 2. The van der Waals surface area contributed by atoms with Crippen LogP contribution in [0, 0.1) is 0 Å². The predicted octanol–water partition coefficient (Wildman–Crippen LogP) is 4.96. The smallest absolute Gasteiger partial charge is 0.305 e. The fourth-order valence-electron chi connectivity index (χ4n) is 2.33.